The summed E-state index contributed by atoms with van der Waals surface area (Å²) >= 11 is 1.86. The van der Waals surface area contributed by atoms with Crippen molar-refractivity contribution >= 4 is 11.8 Å². The molecule has 0 aliphatic rings. The van der Waals surface area contributed by atoms with E-state index in [1.165, 1.54) is 21.6 Å². The molecule has 0 saturated carbocycles. The Hall–Kier alpha value is -1.25. The lowest BCUT2D eigenvalue weighted by Crippen LogP contribution is -2.13. The largest absolute Gasteiger partial charge is 0.324 e. The topological polar surface area (TPSA) is 26.0 Å². The standard InChI is InChI=1S/C18H23NS/c1-3-14-5-7-15(8-6-14)13-18(19)16-9-11-17(12-10-16)20-4-2/h5-12,18H,3-4,13,19H2,1-2H3. The van der Waals surface area contributed by atoms with Crippen LogP contribution in [-0.2, 0) is 12.8 Å². The first-order valence-electron chi connectivity index (χ1n) is 7.29. The van der Waals surface area contributed by atoms with Crippen LogP contribution in [0.4, 0.5) is 0 Å². The summed E-state index contributed by atoms with van der Waals surface area (Å²) < 4.78 is 0. The Balaban J connectivity index is 2.01. The van der Waals surface area contributed by atoms with Crippen LogP contribution < -0.4 is 5.73 Å². The Morgan fingerprint density at radius 1 is 0.900 bits per heavy atom. The van der Waals surface area contributed by atoms with Gasteiger partial charge in [0.1, 0.15) is 0 Å². The van der Waals surface area contributed by atoms with Gasteiger partial charge in [-0.1, -0.05) is 50.2 Å². The lowest BCUT2D eigenvalue weighted by atomic mass is 9.99. The van der Waals surface area contributed by atoms with Crippen LogP contribution in [0.2, 0.25) is 0 Å². The van der Waals surface area contributed by atoms with Gasteiger partial charge in [0.05, 0.1) is 0 Å². The molecule has 2 heteroatoms. The maximum Gasteiger partial charge on any atom is 0.0335 e. The number of thioether (sulfide) groups is 1. The van der Waals surface area contributed by atoms with Crippen LogP contribution in [0.3, 0.4) is 0 Å². The zero-order valence-electron chi connectivity index (χ0n) is 12.3. The van der Waals surface area contributed by atoms with Crippen molar-refractivity contribution in [3.05, 3.63) is 65.2 Å². The van der Waals surface area contributed by atoms with E-state index in [1.54, 1.807) is 0 Å². The van der Waals surface area contributed by atoms with Crippen molar-refractivity contribution in [3.63, 3.8) is 0 Å². The fourth-order valence-electron chi connectivity index (χ4n) is 2.26. The number of nitrogens with two attached hydrogens (primary N) is 1. The molecule has 2 aromatic rings. The van der Waals surface area contributed by atoms with E-state index >= 15 is 0 Å². The Bertz CT molecular complexity index is 516. The molecule has 1 unspecified atom stereocenters. The van der Waals surface area contributed by atoms with E-state index in [0.29, 0.717) is 0 Å². The van der Waals surface area contributed by atoms with E-state index in [4.69, 9.17) is 5.73 Å². The molecule has 2 N–H and O–H groups in total. The number of rotatable bonds is 6. The van der Waals surface area contributed by atoms with Gasteiger partial charge < -0.3 is 5.73 Å². The van der Waals surface area contributed by atoms with Crippen LogP contribution in [0.5, 0.6) is 0 Å². The van der Waals surface area contributed by atoms with Crippen molar-refractivity contribution < 1.29 is 0 Å². The van der Waals surface area contributed by atoms with E-state index in [1.807, 2.05) is 11.8 Å². The second kappa shape index (κ2) is 7.51. The molecular formula is C18H23NS. The molecule has 20 heavy (non-hydrogen) atoms. The molecule has 0 spiro atoms. The Morgan fingerprint density at radius 3 is 2.05 bits per heavy atom. The highest BCUT2D eigenvalue weighted by Gasteiger charge is 2.07. The van der Waals surface area contributed by atoms with Crippen molar-refractivity contribution in [1.82, 2.24) is 0 Å². The molecular weight excluding hydrogens is 262 g/mol. The van der Waals surface area contributed by atoms with Crippen molar-refractivity contribution in [2.24, 2.45) is 5.73 Å². The molecule has 1 nitrogen and oxygen atoms in total. The summed E-state index contributed by atoms with van der Waals surface area (Å²) in [6.07, 6.45) is 1.98. The number of hydrogen-bond acceptors (Lipinski definition) is 2. The van der Waals surface area contributed by atoms with Gasteiger partial charge in [0.15, 0.2) is 0 Å². The number of hydrogen-bond donors (Lipinski definition) is 1. The van der Waals surface area contributed by atoms with Crippen LogP contribution in [0.1, 0.15) is 36.6 Å². The van der Waals surface area contributed by atoms with Gasteiger partial charge in [-0.05, 0) is 47.4 Å². The van der Waals surface area contributed by atoms with Crippen LogP contribution in [0, 0.1) is 0 Å². The smallest absolute Gasteiger partial charge is 0.0335 e. The van der Waals surface area contributed by atoms with Crippen LogP contribution in [0.25, 0.3) is 0 Å². The van der Waals surface area contributed by atoms with Crippen LogP contribution in [-0.4, -0.2) is 5.75 Å². The minimum absolute atomic E-state index is 0.0724. The maximum atomic E-state index is 6.31. The molecule has 0 radical (unpaired) electrons. The van der Waals surface area contributed by atoms with Crippen molar-refractivity contribution in [3.8, 4) is 0 Å². The summed E-state index contributed by atoms with van der Waals surface area (Å²) in [7, 11) is 0. The molecule has 0 aliphatic heterocycles. The summed E-state index contributed by atoms with van der Waals surface area (Å²) in [6.45, 7) is 4.35. The van der Waals surface area contributed by atoms with Crippen molar-refractivity contribution in [2.45, 2.75) is 37.6 Å². The molecule has 0 amide bonds. The number of aryl methyl sites for hydroxylation is 1. The normalized spacial score (nSPS) is 12.3. The van der Waals surface area contributed by atoms with E-state index in [2.05, 4.69) is 62.4 Å². The highest BCUT2D eigenvalue weighted by Crippen LogP contribution is 2.22. The van der Waals surface area contributed by atoms with Gasteiger partial charge in [-0.3, -0.25) is 0 Å². The van der Waals surface area contributed by atoms with Gasteiger partial charge in [-0.15, -0.1) is 11.8 Å². The fraction of sp³-hybridized carbons (Fsp3) is 0.333. The monoisotopic (exact) mass is 285 g/mol. The third-order valence-electron chi connectivity index (χ3n) is 3.51. The van der Waals surface area contributed by atoms with E-state index in [9.17, 15) is 0 Å². The average molecular weight is 285 g/mol. The summed E-state index contributed by atoms with van der Waals surface area (Å²) in [5, 5.41) is 0. The SMILES string of the molecule is CCSc1ccc(C(N)Cc2ccc(CC)cc2)cc1. The average Bonchev–Trinajstić information content (AvgIpc) is 2.49. The van der Waals surface area contributed by atoms with Crippen molar-refractivity contribution in [2.75, 3.05) is 5.75 Å². The maximum absolute atomic E-state index is 6.31. The predicted molar refractivity (Wildman–Crippen MR) is 89.3 cm³/mol. The highest BCUT2D eigenvalue weighted by atomic mass is 32.2. The second-order valence-corrected chi connectivity index (χ2v) is 6.32. The summed E-state index contributed by atoms with van der Waals surface area (Å²) in [4.78, 5) is 1.32. The van der Waals surface area contributed by atoms with Gasteiger partial charge in [-0.25, -0.2) is 0 Å². The van der Waals surface area contributed by atoms with E-state index < -0.39 is 0 Å². The van der Waals surface area contributed by atoms with Crippen LogP contribution >= 0.6 is 11.8 Å². The Labute approximate surface area is 126 Å². The minimum Gasteiger partial charge on any atom is -0.324 e. The lowest BCUT2D eigenvalue weighted by molar-refractivity contribution is 0.721. The number of benzene rings is 2. The molecule has 0 aromatic heterocycles. The molecule has 2 aromatic carbocycles. The zero-order valence-corrected chi connectivity index (χ0v) is 13.1. The van der Waals surface area contributed by atoms with Gasteiger partial charge >= 0.3 is 0 Å². The second-order valence-electron chi connectivity index (χ2n) is 4.98. The summed E-state index contributed by atoms with van der Waals surface area (Å²) in [5.41, 5.74) is 10.2. The van der Waals surface area contributed by atoms with Gasteiger partial charge in [-0.2, -0.15) is 0 Å². The third kappa shape index (κ3) is 4.12. The van der Waals surface area contributed by atoms with Crippen LogP contribution in [0.15, 0.2) is 53.4 Å². The van der Waals surface area contributed by atoms with Gasteiger partial charge in [0, 0.05) is 10.9 Å². The zero-order chi connectivity index (χ0) is 14.4. The molecule has 1 atom stereocenters. The lowest BCUT2D eigenvalue weighted by Gasteiger charge is -2.13. The molecule has 106 valence electrons. The first-order chi connectivity index (χ1) is 9.72. The quantitative estimate of drug-likeness (QED) is 0.785. The first kappa shape index (κ1) is 15.1. The predicted octanol–water partition coefficient (Wildman–Crippen LogP) is 4.60. The molecule has 0 heterocycles. The third-order valence-corrected chi connectivity index (χ3v) is 4.40. The van der Waals surface area contributed by atoms with E-state index in [0.717, 1.165) is 18.6 Å². The molecule has 0 fully saturated rings. The van der Waals surface area contributed by atoms with Gasteiger partial charge in [0.25, 0.3) is 0 Å². The molecule has 0 bridgehead atoms. The Morgan fingerprint density at radius 2 is 1.50 bits per heavy atom. The summed E-state index contributed by atoms with van der Waals surface area (Å²) in [5.74, 6) is 1.11. The minimum atomic E-state index is 0.0724. The fourth-order valence-corrected chi connectivity index (χ4v) is 2.92. The highest BCUT2D eigenvalue weighted by molar-refractivity contribution is 7.99. The van der Waals surface area contributed by atoms with Gasteiger partial charge in [0.2, 0.25) is 0 Å². The molecule has 0 aliphatic carbocycles. The molecule has 0 saturated heterocycles. The Kier molecular flexibility index (Phi) is 5.69. The summed E-state index contributed by atoms with van der Waals surface area (Å²) in [6, 6.07) is 17.5. The van der Waals surface area contributed by atoms with E-state index in [-0.39, 0.29) is 6.04 Å². The van der Waals surface area contributed by atoms with Crippen molar-refractivity contribution in [1.29, 1.82) is 0 Å². The first-order valence-corrected chi connectivity index (χ1v) is 8.27. The molecule has 2 rings (SSSR count).